The Labute approximate surface area is 184 Å². The number of fused-ring (bicyclic) bond motifs is 1. The Bertz CT molecular complexity index is 925. The van der Waals surface area contributed by atoms with E-state index < -0.39 is 6.10 Å². The lowest BCUT2D eigenvalue weighted by Crippen LogP contribution is -2.55. The van der Waals surface area contributed by atoms with Crippen molar-refractivity contribution in [3.05, 3.63) is 46.7 Å². The Morgan fingerprint density at radius 3 is 2.52 bits per heavy atom. The van der Waals surface area contributed by atoms with Gasteiger partial charge in [-0.05, 0) is 30.0 Å². The Hall–Kier alpha value is -3.07. The second-order valence-corrected chi connectivity index (χ2v) is 8.22. The van der Waals surface area contributed by atoms with E-state index in [0.29, 0.717) is 62.6 Å². The second kappa shape index (κ2) is 9.82. The van der Waals surface area contributed by atoms with Crippen molar-refractivity contribution in [2.24, 2.45) is 0 Å². The largest absolute Gasteiger partial charge is 0.485 e. The highest BCUT2D eigenvalue weighted by atomic mass is 32.1. The van der Waals surface area contributed by atoms with Crippen LogP contribution in [0, 0.1) is 0 Å². The number of para-hydroxylation sites is 2. The lowest BCUT2D eigenvalue weighted by molar-refractivity contribution is -0.146. The van der Waals surface area contributed by atoms with Gasteiger partial charge in [0, 0.05) is 50.1 Å². The number of hydrogen-bond donors (Lipinski definition) is 1. The monoisotopic (exact) mass is 443 g/mol. The van der Waals surface area contributed by atoms with Crippen molar-refractivity contribution in [1.82, 2.24) is 15.1 Å². The summed E-state index contributed by atoms with van der Waals surface area (Å²) in [6.45, 7) is 2.58. The molecule has 1 aromatic heterocycles. The summed E-state index contributed by atoms with van der Waals surface area (Å²) in [5.74, 6) is 1.04. The van der Waals surface area contributed by atoms with Gasteiger partial charge in [-0.25, -0.2) is 0 Å². The summed E-state index contributed by atoms with van der Waals surface area (Å²) < 4.78 is 11.4. The number of amides is 3. The van der Waals surface area contributed by atoms with Gasteiger partial charge in [0.25, 0.3) is 11.8 Å². The molecule has 1 atom stereocenters. The van der Waals surface area contributed by atoms with Crippen molar-refractivity contribution in [2.75, 3.05) is 39.3 Å². The number of ether oxygens (including phenoxy) is 2. The molecule has 0 spiro atoms. The van der Waals surface area contributed by atoms with Crippen LogP contribution in [0.15, 0.2) is 41.1 Å². The van der Waals surface area contributed by atoms with E-state index in [4.69, 9.17) is 9.47 Å². The molecule has 2 aliphatic rings. The van der Waals surface area contributed by atoms with E-state index in [1.807, 2.05) is 23.6 Å². The molecule has 1 N–H and O–H groups in total. The third kappa shape index (κ3) is 5.16. The molecular weight excluding hydrogens is 418 g/mol. The zero-order valence-electron chi connectivity index (χ0n) is 17.1. The highest BCUT2D eigenvalue weighted by Crippen LogP contribution is 2.31. The van der Waals surface area contributed by atoms with Gasteiger partial charge in [0.15, 0.2) is 11.5 Å². The number of nitrogens with zero attached hydrogens (tertiary/aromatic N) is 2. The number of piperazine rings is 1. The third-order valence-corrected chi connectivity index (χ3v) is 6.05. The van der Waals surface area contributed by atoms with Gasteiger partial charge in [0.05, 0.1) is 0 Å². The number of carbonyl (C=O) groups is 3. The Kier molecular flexibility index (Phi) is 6.71. The van der Waals surface area contributed by atoms with Crippen LogP contribution in [0.25, 0.3) is 0 Å². The number of thiophene rings is 1. The summed E-state index contributed by atoms with van der Waals surface area (Å²) in [7, 11) is 0. The predicted molar refractivity (Wildman–Crippen MR) is 115 cm³/mol. The van der Waals surface area contributed by atoms with Gasteiger partial charge in [0.2, 0.25) is 12.0 Å². The molecule has 9 heteroatoms. The topological polar surface area (TPSA) is 88.2 Å². The molecule has 4 rings (SSSR count). The van der Waals surface area contributed by atoms with Crippen LogP contribution in [0.4, 0.5) is 0 Å². The van der Waals surface area contributed by atoms with Crippen LogP contribution in [-0.4, -0.2) is 73.0 Å². The van der Waals surface area contributed by atoms with E-state index in [-0.39, 0.29) is 24.3 Å². The van der Waals surface area contributed by atoms with E-state index in [0.717, 1.165) is 0 Å². The minimum atomic E-state index is -0.663. The first kappa shape index (κ1) is 21.2. The van der Waals surface area contributed by atoms with Crippen LogP contribution >= 0.6 is 11.3 Å². The summed E-state index contributed by atoms with van der Waals surface area (Å²) in [5, 5.41) is 6.48. The standard InChI is InChI=1S/C22H25N3O5S/c26-20(6-3-8-23-21(27)16-7-13-31-15-16)24-9-11-25(12-10-24)22(28)19-14-29-17-4-1-2-5-18(17)30-19/h1-2,4-5,7,13,15,19H,3,6,8-12,14H2,(H,23,27). The van der Waals surface area contributed by atoms with Gasteiger partial charge in [-0.1, -0.05) is 12.1 Å². The molecule has 1 fully saturated rings. The third-order valence-electron chi connectivity index (χ3n) is 5.36. The quantitative estimate of drug-likeness (QED) is 0.688. The lowest BCUT2D eigenvalue weighted by atomic mass is 10.2. The summed E-state index contributed by atoms with van der Waals surface area (Å²) in [6, 6.07) is 9.07. The van der Waals surface area contributed by atoms with Crippen LogP contribution in [0.2, 0.25) is 0 Å². The first-order valence-corrected chi connectivity index (χ1v) is 11.3. The minimum absolute atomic E-state index is 0.0445. The van der Waals surface area contributed by atoms with Crippen LogP contribution < -0.4 is 14.8 Å². The molecule has 0 radical (unpaired) electrons. The zero-order chi connectivity index (χ0) is 21.6. The summed E-state index contributed by atoms with van der Waals surface area (Å²) in [4.78, 5) is 40.6. The molecule has 2 aliphatic heterocycles. The van der Waals surface area contributed by atoms with E-state index in [1.165, 1.54) is 11.3 Å². The van der Waals surface area contributed by atoms with Crippen molar-refractivity contribution < 1.29 is 23.9 Å². The maximum Gasteiger partial charge on any atom is 0.267 e. The van der Waals surface area contributed by atoms with Gasteiger partial charge in [-0.15, -0.1) is 0 Å². The maximum absolute atomic E-state index is 12.8. The van der Waals surface area contributed by atoms with Gasteiger partial charge in [0.1, 0.15) is 6.61 Å². The first-order chi connectivity index (χ1) is 15.1. The SMILES string of the molecule is O=C(NCCCC(=O)N1CCN(C(=O)C2COc3ccccc3O2)CC1)c1ccsc1. The molecule has 0 bridgehead atoms. The number of rotatable bonds is 6. The predicted octanol–water partition coefficient (Wildman–Crippen LogP) is 1.77. The molecule has 3 amide bonds. The normalized spacial score (nSPS) is 17.9. The van der Waals surface area contributed by atoms with Crippen molar-refractivity contribution in [1.29, 1.82) is 0 Å². The molecule has 8 nitrogen and oxygen atoms in total. The van der Waals surface area contributed by atoms with Gasteiger partial charge in [-0.3, -0.25) is 14.4 Å². The fraction of sp³-hybridized carbons (Fsp3) is 0.409. The van der Waals surface area contributed by atoms with Crippen molar-refractivity contribution in [3.63, 3.8) is 0 Å². The molecule has 3 heterocycles. The average Bonchev–Trinajstić information content (AvgIpc) is 3.36. The molecule has 0 aliphatic carbocycles. The number of nitrogens with one attached hydrogen (secondary N) is 1. The maximum atomic E-state index is 12.8. The highest BCUT2D eigenvalue weighted by molar-refractivity contribution is 7.08. The average molecular weight is 444 g/mol. The van der Waals surface area contributed by atoms with Gasteiger partial charge < -0.3 is 24.6 Å². The first-order valence-electron chi connectivity index (χ1n) is 10.4. The minimum Gasteiger partial charge on any atom is -0.485 e. The van der Waals surface area contributed by atoms with Crippen molar-refractivity contribution >= 4 is 29.1 Å². The lowest BCUT2D eigenvalue weighted by Gasteiger charge is -2.37. The number of carbonyl (C=O) groups excluding carboxylic acids is 3. The Morgan fingerprint density at radius 1 is 1.03 bits per heavy atom. The molecule has 1 saturated heterocycles. The van der Waals surface area contributed by atoms with Gasteiger partial charge >= 0.3 is 0 Å². The number of hydrogen-bond acceptors (Lipinski definition) is 6. The molecule has 164 valence electrons. The fourth-order valence-corrected chi connectivity index (χ4v) is 4.25. The van der Waals surface area contributed by atoms with Crippen LogP contribution in [0.3, 0.4) is 0 Å². The smallest absolute Gasteiger partial charge is 0.267 e. The molecule has 31 heavy (non-hydrogen) atoms. The molecule has 2 aromatic rings. The molecule has 1 unspecified atom stereocenters. The van der Waals surface area contributed by atoms with E-state index in [9.17, 15) is 14.4 Å². The summed E-state index contributed by atoms with van der Waals surface area (Å²) in [6.07, 6.45) is 0.290. The van der Waals surface area contributed by atoms with Crippen molar-refractivity contribution in [2.45, 2.75) is 18.9 Å². The van der Waals surface area contributed by atoms with E-state index in [2.05, 4.69) is 5.32 Å². The van der Waals surface area contributed by atoms with E-state index in [1.54, 1.807) is 27.3 Å². The van der Waals surface area contributed by atoms with Gasteiger partial charge in [-0.2, -0.15) is 11.3 Å². The summed E-state index contributed by atoms with van der Waals surface area (Å²) in [5.41, 5.74) is 0.646. The molecule has 1 aromatic carbocycles. The Morgan fingerprint density at radius 2 is 1.77 bits per heavy atom. The fourth-order valence-electron chi connectivity index (χ4n) is 3.62. The van der Waals surface area contributed by atoms with Crippen LogP contribution in [0.1, 0.15) is 23.2 Å². The highest BCUT2D eigenvalue weighted by Gasteiger charge is 2.33. The molecule has 0 saturated carbocycles. The van der Waals surface area contributed by atoms with Crippen molar-refractivity contribution in [3.8, 4) is 11.5 Å². The Balaban J connectivity index is 1.17. The zero-order valence-corrected chi connectivity index (χ0v) is 17.9. The van der Waals surface area contributed by atoms with Crippen LogP contribution in [0.5, 0.6) is 11.5 Å². The van der Waals surface area contributed by atoms with Crippen LogP contribution in [-0.2, 0) is 9.59 Å². The summed E-state index contributed by atoms with van der Waals surface area (Å²) >= 11 is 1.47. The molecular formula is C22H25N3O5S. The second-order valence-electron chi connectivity index (χ2n) is 7.44. The van der Waals surface area contributed by atoms with E-state index >= 15 is 0 Å². The number of benzene rings is 1.